The van der Waals surface area contributed by atoms with Gasteiger partial charge < -0.3 is 19.3 Å². The molecule has 0 N–H and O–H groups in total. The van der Waals surface area contributed by atoms with Crippen molar-refractivity contribution in [1.82, 2.24) is 9.80 Å². The summed E-state index contributed by atoms with van der Waals surface area (Å²) in [6.07, 6.45) is 0.0647. The SMILES string of the molecule is CCOC(=O)N1CCN(C(=O)Cc2ccc(OC)c(C)c2)CC1. The number of benzene rings is 1. The van der Waals surface area contributed by atoms with Crippen molar-refractivity contribution in [3.05, 3.63) is 29.3 Å². The van der Waals surface area contributed by atoms with Crippen molar-refractivity contribution < 1.29 is 19.1 Å². The quantitative estimate of drug-likeness (QED) is 0.849. The lowest BCUT2D eigenvalue weighted by Gasteiger charge is -2.34. The van der Waals surface area contributed by atoms with Crippen molar-refractivity contribution in [2.24, 2.45) is 0 Å². The second-order valence-electron chi connectivity index (χ2n) is 5.55. The van der Waals surface area contributed by atoms with Gasteiger partial charge in [0.15, 0.2) is 0 Å². The number of amides is 2. The zero-order valence-corrected chi connectivity index (χ0v) is 14.0. The van der Waals surface area contributed by atoms with E-state index in [-0.39, 0.29) is 12.0 Å². The number of aryl methyl sites for hydroxylation is 1. The number of nitrogens with zero attached hydrogens (tertiary/aromatic N) is 2. The van der Waals surface area contributed by atoms with Gasteiger partial charge in [-0.1, -0.05) is 12.1 Å². The third kappa shape index (κ3) is 4.37. The van der Waals surface area contributed by atoms with Gasteiger partial charge in [-0.05, 0) is 31.0 Å². The van der Waals surface area contributed by atoms with E-state index in [4.69, 9.17) is 9.47 Å². The molecule has 1 aromatic carbocycles. The highest BCUT2D eigenvalue weighted by molar-refractivity contribution is 5.79. The van der Waals surface area contributed by atoms with E-state index in [1.807, 2.05) is 25.1 Å². The van der Waals surface area contributed by atoms with E-state index >= 15 is 0 Å². The van der Waals surface area contributed by atoms with Gasteiger partial charge in [0, 0.05) is 26.2 Å². The normalized spacial score (nSPS) is 14.6. The van der Waals surface area contributed by atoms with Gasteiger partial charge in [-0.15, -0.1) is 0 Å². The Morgan fingerprint density at radius 3 is 2.35 bits per heavy atom. The molecular formula is C17H24N2O4. The average molecular weight is 320 g/mol. The maximum absolute atomic E-state index is 12.4. The molecule has 6 heteroatoms. The monoisotopic (exact) mass is 320 g/mol. The van der Waals surface area contributed by atoms with Crippen LogP contribution in [0.1, 0.15) is 18.1 Å². The summed E-state index contributed by atoms with van der Waals surface area (Å²) >= 11 is 0. The van der Waals surface area contributed by atoms with Gasteiger partial charge in [0.25, 0.3) is 0 Å². The Labute approximate surface area is 137 Å². The number of methoxy groups -OCH3 is 1. The number of hydrogen-bond donors (Lipinski definition) is 0. The van der Waals surface area contributed by atoms with Crippen LogP contribution in [0.25, 0.3) is 0 Å². The smallest absolute Gasteiger partial charge is 0.409 e. The van der Waals surface area contributed by atoms with Crippen molar-refractivity contribution in [2.45, 2.75) is 20.3 Å². The third-order valence-electron chi connectivity index (χ3n) is 3.97. The molecule has 0 aromatic heterocycles. The molecule has 0 unspecified atom stereocenters. The standard InChI is InChI=1S/C17H24N2O4/c1-4-23-17(21)19-9-7-18(8-10-19)16(20)12-14-5-6-15(22-3)13(2)11-14/h5-6,11H,4,7-10,12H2,1-3H3. The Hall–Kier alpha value is -2.24. The first-order chi connectivity index (χ1) is 11.0. The molecule has 126 valence electrons. The molecule has 1 saturated heterocycles. The molecule has 0 saturated carbocycles. The highest BCUT2D eigenvalue weighted by Gasteiger charge is 2.24. The van der Waals surface area contributed by atoms with E-state index in [2.05, 4.69) is 0 Å². The van der Waals surface area contributed by atoms with Crippen molar-refractivity contribution in [3.63, 3.8) is 0 Å². The maximum Gasteiger partial charge on any atom is 0.409 e. The van der Waals surface area contributed by atoms with E-state index < -0.39 is 0 Å². The average Bonchev–Trinajstić information content (AvgIpc) is 2.55. The molecule has 0 aliphatic carbocycles. The predicted octanol–water partition coefficient (Wildman–Crippen LogP) is 1.85. The van der Waals surface area contributed by atoms with Crippen LogP contribution in [0.4, 0.5) is 4.79 Å². The second-order valence-corrected chi connectivity index (χ2v) is 5.55. The van der Waals surface area contributed by atoms with Crippen LogP contribution in [-0.4, -0.2) is 61.7 Å². The topological polar surface area (TPSA) is 59.1 Å². The molecule has 0 bridgehead atoms. The van der Waals surface area contributed by atoms with Gasteiger partial charge >= 0.3 is 6.09 Å². The first-order valence-electron chi connectivity index (χ1n) is 7.88. The summed E-state index contributed by atoms with van der Waals surface area (Å²) in [4.78, 5) is 27.5. The van der Waals surface area contributed by atoms with Crippen LogP contribution in [0.5, 0.6) is 5.75 Å². The molecule has 2 amide bonds. The first-order valence-corrected chi connectivity index (χ1v) is 7.88. The number of piperazine rings is 1. The summed E-state index contributed by atoms with van der Waals surface area (Å²) in [5.41, 5.74) is 1.99. The van der Waals surface area contributed by atoms with Crippen LogP contribution in [0.15, 0.2) is 18.2 Å². The number of hydrogen-bond acceptors (Lipinski definition) is 4. The van der Waals surface area contributed by atoms with Gasteiger partial charge in [-0.25, -0.2) is 4.79 Å². The molecule has 1 fully saturated rings. The molecule has 1 aromatic rings. The van der Waals surface area contributed by atoms with Crippen LogP contribution in [0.3, 0.4) is 0 Å². The van der Waals surface area contributed by atoms with Gasteiger partial charge in [0.2, 0.25) is 5.91 Å². The third-order valence-corrected chi connectivity index (χ3v) is 3.97. The molecule has 6 nitrogen and oxygen atoms in total. The van der Waals surface area contributed by atoms with Crippen molar-refractivity contribution in [2.75, 3.05) is 39.9 Å². The van der Waals surface area contributed by atoms with E-state index in [1.54, 1.807) is 23.8 Å². The second kappa shape index (κ2) is 7.85. The van der Waals surface area contributed by atoms with Gasteiger partial charge in [0.1, 0.15) is 5.75 Å². The van der Waals surface area contributed by atoms with E-state index in [1.165, 1.54) is 0 Å². The molecule has 0 radical (unpaired) electrons. The summed E-state index contributed by atoms with van der Waals surface area (Å²) in [5.74, 6) is 0.905. The minimum Gasteiger partial charge on any atom is -0.496 e. The Bertz CT molecular complexity index is 566. The Morgan fingerprint density at radius 1 is 1.13 bits per heavy atom. The van der Waals surface area contributed by atoms with Crippen LogP contribution >= 0.6 is 0 Å². The summed E-state index contributed by atoms with van der Waals surface area (Å²) in [7, 11) is 1.64. The minimum atomic E-state index is -0.301. The minimum absolute atomic E-state index is 0.0816. The van der Waals surface area contributed by atoms with E-state index in [0.717, 1.165) is 16.9 Å². The van der Waals surface area contributed by atoms with Crippen LogP contribution in [0, 0.1) is 6.92 Å². The van der Waals surface area contributed by atoms with Gasteiger partial charge in [-0.3, -0.25) is 4.79 Å². The summed E-state index contributed by atoms with van der Waals surface area (Å²) in [6.45, 7) is 6.26. The first kappa shape index (κ1) is 17.1. The van der Waals surface area contributed by atoms with Crippen molar-refractivity contribution in [3.8, 4) is 5.75 Å². The highest BCUT2D eigenvalue weighted by atomic mass is 16.6. The number of rotatable bonds is 4. The Kier molecular flexibility index (Phi) is 5.84. The lowest BCUT2D eigenvalue weighted by Crippen LogP contribution is -2.51. The Balaban J connectivity index is 1.88. The molecule has 1 heterocycles. The fraction of sp³-hybridized carbons (Fsp3) is 0.529. The molecule has 1 aliphatic rings. The predicted molar refractivity (Wildman–Crippen MR) is 86.6 cm³/mol. The number of ether oxygens (including phenoxy) is 2. The zero-order chi connectivity index (χ0) is 16.8. The van der Waals surface area contributed by atoms with Crippen LogP contribution in [-0.2, 0) is 16.0 Å². The van der Waals surface area contributed by atoms with Gasteiger partial charge in [0.05, 0.1) is 20.1 Å². The van der Waals surface area contributed by atoms with Crippen LogP contribution < -0.4 is 4.74 Å². The molecule has 1 aliphatic heterocycles. The zero-order valence-electron chi connectivity index (χ0n) is 14.0. The van der Waals surface area contributed by atoms with Gasteiger partial charge in [-0.2, -0.15) is 0 Å². The Morgan fingerprint density at radius 2 is 1.78 bits per heavy atom. The number of carbonyl (C=O) groups excluding carboxylic acids is 2. The van der Waals surface area contributed by atoms with E-state index in [9.17, 15) is 9.59 Å². The summed E-state index contributed by atoms with van der Waals surface area (Å²) in [5, 5.41) is 0. The highest BCUT2D eigenvalue weighted by Crippen LogP contribution is 2.19. The van der Waals surface area contributed by atoms with E-state index in [0.29, 0.717) is 39.2 Å². The lowest BCUT2D eigenvalue weighted by atomic mass is 10.1. The molecular weight excluding hydrogens is 296 g/mol. The van der Waals surface area contributed by atoms with Crippen molar-refractivity contribution >= 4 is 12.0 Å². The molecule has 0 atom stereocenters. The molecule has 23 heavy (non-hydrogen) atoms. The summed E-state index contributed by atoms with van der Waals surface area (Å²) < 4.78 is 10.2. The summed E-state index contributed by atoms with van der Waals surface area (Å²) in [6, 6.07) is 5.78. The molecule has 0 spiro atoms. The van der Waals surface area contributed by atoms with Crippen molar-refractivity contribution in [1.29, 1.82) is 0 Å². The number of carbonyl (C=O) groups is 2. The largest absolute Gasteiger partial charge is 0.496 e. The van der Waals surface area contributed by atoms with Crippen LogP contribution in [0.2, 0.25) is 0 Å². The fourth-order valence-electron chi connectivity index (χ4n) is 2.69. The fourth-order valence-corrected chi connectivity index (χ4v) is 2.69. The molecule has 2 rings (SSSR count). The maximum atomic E-state index is 12.4. The lowest BCUT2D eigenvalue weighted by molar-refractivity contribution is -0.132.